The first-order chi connectivity index (χ1) is 13.8. The zero-order chi connectivity index (χ0) is 20.9. The van der Waals surface area contributed by atoms with E-state index in [1.54, 1.807) is 12.1 Å². The van der Waals surface area contributed by atoms with Crippen molar-refractivity contribution >= 4 is 33.4 Å². The molecule has 2 aromatic carbocycles. The standard InChI is InChI=1S/C19H19N5O4S/c1-29(26,27)12-13-7-9-14(10-8-13)17(25)28-11-16-22-18(20)24-19(23-16)21-15-5-3-2-4-6-15/h2-10H,11-12H2,1H3,(H3,20,21,22,23,24). The zero-order valence-electron chi connectivity index (χ0n) is 15.6. The lowest BCUT2D eigenvalue weighted by molar-refractivity contribution is 0.0462. The van der Waals surface area contributed by atoms with Gasteiger partial charge in [-0.3, -0.25) is 0 Å². The second kappa shape index (κ2) is 8.65. The topological polar surface area (TPSA) is 137 Å². The smallest absolute Gasteiger partial charge is 0.338 e. The van der Waals surface area contributed by atoms with E-state index in [0.29, 0.717) is 5.56 Å². The molecule has 0 spiro atoms. The van der Waals surface area contributed by atoms with Crippen LogP contribution in [0.1, 0.15) is 21.7 Å². The Hall–Kier alpha value is -3.53. The van der Waals surface area contributed by atoms with Crippen molar-refractivity contribution in [1.82, 2.24) is 15.0 Å². The van der Waals surface area contributed by atoms with Gasteiger partial charge in [0.15, 0.2) is 22.3 Å². The molecule has 3 rings (SSSR count). The normalized spacial score (nSPS) is 11.1. The maximum atomic E-state index is 12.2. The quantitative estimate of drug-likeness (QED) is 0.558. The van der Waals surface area contributed by atoms with Crippen LogP contribution in [0.3, 0.4) is 0 Å². The van der Waals surface area contributed by atoms with Crippen molar-refractivity contribution in [2.24, 2.45) is 0 Å². The number of sulfone groups is 1. The van der Waals surface area contributed by atoms with E-state index in [4.69, 9.17) is 10.5 Å². The number of carbonyl (C=O) groups is 1. The summed E-state index contributed by atoms with van der Waals surface area (Å²) in [5, 5.41) is 3.00. The molecule has 0 atom stereocenters. The number of ether oxygens (including phenoxy) is 1. The number of nitrogen functional groups attached to an aromatic ring is 1. The number of nitrogens with two attached hydrogens (primary N) is 1. The Morgan fingerprint density at radius 2 is 1.72 bits per heavy atom. The van der Waals surface area contributed by atoms with E-state index in [9.17, 15) is 13.2 Å². The number of rotatable bonds is 7. The van der Waals surface area contributed by atoms with Gasteiger partial charge in [-0.1, -0.05) is 30.3 Å². The molecule has 1 heterocycles. The molecule has 0 unspecified atom stereocenters. The molecule has 0 amide bonds. The lowest BCUT2D eigenvalue weighted by atomic mass is 10.1. The number of hydrogen-bond acceptors (Lipinski definition) is 9. The Kier molecular flexibility index (Phi) is 6.03. The number of hydrogen-bond donors (Lipinski definition) is 2. The highest BCUT2D eigenvalue weighted by Crippen LogP contribution is 2.14. The molecular formula is C19H19N5O4S. The lowest BCUT2D eigenvalue weighted by Crippen LogP contribution is -2.11. The highest BCUT2D eigenvalue weighted by molar-refractivity contribution is 7.89. The van der Waals surface area contributed by atoms with Crippen molar-refractivity contribution < 1.29 is 17.9 Å². The summed E-state index contributed by atoms with van der Waals surface area (Å²) < 4.78 is 27.9. The van der Waals surface area contributed by atoms with Crippen molar-refractivity contribution in [3.05, 3.63) is 71.5 Å². The zero-order valence-corrected chi connectivity index (χ0v) is 16.4. The fourth-order valence-electron chi connectivity index (χ4n) is 2.46. The van der Waals surface area contributed by atoms with Gasteiger partial charge >= 0.3 is 5.97 Å². The molecule has 10 heteroatoms. The molecule has 29 heavy (non-hydrogen) atoms. The summed E-state index contributed by atoms with van der Waals surface area (Å²) in [5.41, 5.74) is 7.35. The summed E-state index contributed by atoms with van der Waals surface area (Å²) in [5.74, 6) is -0.260. The van der Waals surface area contributed by atoms with E-state index in [2.05, 4.69) is 20.3 Å². The fraction of sp³-hybridized carbons (Fsp3) is 0.158. The van der Waals surface area contributed by atoms with Gasteiger partial charge in [0.1, 0.15) is 0 Å². The largest absolute Gasteiger partial charge is 0.454 e. The van der Waals surface area contributed by atoms with Gasteiger partial charge in [0, 0.05) is 11.9 Å². The van der Waals surface area contributed by atoms with Gasteiger partial charge in [0.05, 0.1) is 11.3 Å². The molecule has 150 valence electrons. The van der Waals surface area contributed by atoms with Crippen molar-refractivity contribution in [2.45, 2.75) is 12.4 Å². The average molecular weight is 413 g/mol. The van der Waals surface area contributed by atoms with Gasteiger partial charge in [-0.25, -0.2) is 13.2 Å². The number of nitrogens with one attached hydrogen (secondary N) is 1. The molecule has 1 aromatic heterocycles. The molecule has 9 nitrogen and oxygen atoms in total. The Bertz CT molecular complexity index is 1100. The summed E-state index contributed by atoms with van der Waals surface area (Å²) in [6.45, 7) is -0.194. The van der Waals surface area contributed by atoms with Crippen LogP contribution in [0.25, 0.3) is 0 Å². The number of aromatic nitrogens is 3. The van der Waals surface area contributed by atoms with Crippen LogP contribution < -0.4 is 11.1 Å². The summed E-state index contributed by atoms with van der Waals surface area (Å²) >= 11 is 0. The first kappa shape index (κ1) is 20.2. The third kappa shape index (κ3) is 6.25. The third-order valence-corrected chi connectivity index (χ3v) is 4.54. The Labute approximate surface area is 167 Å². The molecule has 3 aromatic rings. The fourth-order valence-corrected chi connectivity index (χ4v) is 3.26. The Balaban J connectivity index is 1.64. The van der Waals surface area contributed by atoms with Gasteiger partial charge in [-0.05, 0) is 29.8 Å². The molecule has 0 aliphatic heterocycles. The van der Waals surface area contributed by atoms with Crippen molar-refractivity contribution in [2.75, 3.05) is 17.3 Å². The molecule has 0 aliphatic carbocycles. The number of carbonyl (C=O) groups excluding carboxylic acids is 1. The molecule has 3 N–H and O–H groups in total. The van der Waals surface area contributed by atoms with Crippen LogP contribution in [0.15, 0.2) is 54.6 Å². The van der Waals surface area contributed by atoms with Crippen LogP contribution in [0, 0.1) is 0 Å². The number of nitrogens with zero attached hydrogens (tertiary/aromatic N) is 3. The van der Waals surface area contributed by atoms with E-state index in [1.165, 1.54) is 12.1 Å². The molecule has 0 saturated heterocycles. The van der Waals surface area contributed by atoms with Crippen LogP contribution in [-0.2, 0) is 26.9 Å². The number of anilines is 3. The van der Waals surface area contributed by atoms with Gasteiger partial charge in [0.25, 0.3) is 0 Å². The summed E-state index contributed by atoms with van der Waals surface area (Å²) in [6, 6.07) is 15.4. The number of benzene rings is 2. The van der Waals surface area contributed by atoms with E-state index >= 15 is 0 Å². The summed E-state index contributed by atoms with van der Waals surface area (Å²) in [4.78, 5) is 24.4. The third-order valence-electron chi connectivity index (χ3n) is 3.68. The molecular weight excluding hydrogens is 394 g/mol. The number of para-hydroxylation sites is 1. The predicted molar refractivity (Wildman–Crippen MR) is 108 cm³/mol. The molecule has 0 bridgehead atoms. The van der Waals surface area contributed by atoms with Crippen LogP contribution in [-0.4, -0.2) is 35.6 Å². The van der Waals surface area contributed by atoms with E-state index in [-0.39, 0.29) is 35.6 Å². The van der Waals surface area contributed by atoms with Crippen molar-refractivity contribution in [3.8, 4) is 0 Å². The maximum Gasteiger partial charge on any atom is 0.338 e. The lowest BCUT2D eigenvalue weighted by Gasteiger charge is -2.08. The predicted octanol–water partition coefficient (Wildman–Crippen LogP) is 2.10. The Morgan fingerprint density at radius 1 is 1.03 bits per heavy atom. The highest BCUT2D eigenvalue weighted by Gasteiger charge is 2.12. The summed E-state index contributed by atoms with van der Waals surface area (Å²) in [6.07, 6.45) is 1.15. The van der Waals surface area contributed by atoms with Gasteiger partial charge in [0.2, 0.25) is 11.9 Å². The summed E-state index contributed by atoms with van der Waals surface area (Å²) in [7, 11) is -3.14. The highest BCUT2D eigenvalue weighted by atomic mass is 32.2. The minimum absolute atomic E-state index is 0.00499. The maximum absolute atomic E-state index is 12.2. The van der Waals surface area contributed by atoms with E-state index in [0.717, 1.165) is 11.9 Å². The minimum Gasteiger partial charge on any atom is -0.454 e. The second-order valence-electron chi connectivity index (χ2n) is 6.27. The number of esters is 1. The monoisotopic (exact) mass is 413 g/mol. The van der Waals surface area contributed by atoms with Crippen molar-refractivity contribution in [1.29, 1.82) is 0 Å². The van der Waals surface area contributed by atoms with Crippen LogP contribution in [0.2, 0.25) is 0 Å². The molecule has 0 radical (unpaired) electrons. The molecule has 0 aliphatic rings. The van der Waals surface area contributed by atoms with Gasteiger partial charge < -0.3 is 15.8 Å². The van der Waals surface area contributed by atoms with Gasteiger partial charge in [-0.2, -0.15) is 15.0 Å². The van der Waals surface area contributed by atoms with Gasteiger partial charge in [-0.15, -0.1) is 0 Å². The minimum atomic E-state index is -3.14. The Morgan fingerprint density at radius 3 is 2.38 bits per heavy atom. The van der Waals surface area contributed by atoms with E-state index < -0.39 is 15.8 Å². The second-order valence-corrected chi connectivity index (χ2v) is 8.41. The molecule has 0 fully saturated rings. The first-order valence-corrected chi connectivity index (χ1v) is 10.6. The van der Waals surface area contributed by atoms with E-state index in [1.807, 2.05) is 30.3 Å². The van der Waals surface area contributed by atoms with Crippen molar-refractivity contribution in [3.63, 3.8) is 0 Å². The van der Waals surface area contributed by atoms with Crippen LogP contribution >= 0.6 is 0 Å². The molecule has 0 saturated carbocycles. The first-order valence-electron chi connectivity index (χ1n) is 8.55. The van der Waals surface area contributed by atoms with Crippen LogP contribution in [0.4, 0.5) is 17.6 Å². The van der Waals surface area contributed by atoms with Crippen LogP contribution in [0.5, 0.6) is 0 Å². The SMILES string of the molecule is CS(=O)(=O)Cc1ccc(C(=O)OCc2nc(N)nc(Nc3ccccc3)n2)cc1. The average Bonchev–Trinajstić information content (AvgIpc) is 2.66.